The first-order valence-corrected chi connectivity index (χ1v) is 6.03. The van der Waals surface area contributed by atoms with Crippen LogP contribution in [0.2, 0.25) is 0 Å². The first kappa shape index (κ1) is 11.4. The largest absolute Gasteiger partial charge is 0.493 e. The molecule has 1 fully saturated rings. The molecule has 88 valence electrons. The molecular formula is C13H20N2O. The van der Waals surface area contributed by atoms with Crippen molar-refractivity contribution in [3.05, 3.63) is 23.5 Å². The summed E-state index contributed by atoms with van der Waals surface area (Å²) in [5.74, 6) is 1.61. The lowest BCUT2D eigenvalue weighted by Gasteiger charge is -2.22. The highest BCUT2D eigenvalue weighted by Crippen LogP contribution is 2.16. The second-order valence-electron chi connectivity index (χ2n) is 4.61. The summed E-state index contributed by atoms with van der Waals surface area (Å²) >= 11 is 0. The summed E-state index contributed by atoms with van der Waals surface area (Å²) in [5, 5.41) is 3.40. The highest BCUT2D eigenvalue weighted by molar-refractivity contribution is 5.26. The third-order valence-corrected chi connectivity index (χ3v) is 2.94. The SMILES string of the molecule is Cc1cc(OC[C@@H]2CCCNC2)cc(C)n1. The summed E-state index contributed by atoms with van der Waals surface area (Å²) < 4.78 is 5.83. The van der Waals surface area contributed by atoms with Crippen LogP contribution in [0.5, 0.6) is 5.75 Å². The fourth-order valence-electron chi connectivity index (χ4n) is 2.16. The fraction of sp³-hybridized carbons (Fsp3) is 0.615. The Labute approximate surface area is 97.2 Å². The molecule has 1 aromatic heterocycles. The first-order chi connectivity index (χ1) is 7.74. The van der Waals surface area contributed by atoms with E-state index in [4.69, 9.17) is 4.74 Å². The molecule has 2 rings (SSSR count). The topological polar surface area (TPSA) is 34.1 Å². The number of piperidine rings is 1. The van der Waals surface area contributed by atoms with Gasteiger partial charge in [0.15, 0.2) is 0 Å². The number of hydrogen-bond acceptors (Lipinski definition) is 3. The van der Waals surface area contributed by atoms with Crippen molar-refractivity contribution < 1.29 is 4.74 Å². The average molecular weight is 220 g/mol. The minimum Gasteiger partial charge on any atom is -0.493 e. The van der Waals surface area contributed by atoms with Gasteiger partial charge in [0.25, 0.3) is 0 Å². The molecule has 1 aliphatic heterocycles. The zero-order valence-electron chi connectivity index (χ0n) is 10.1. The van der Waals surface area contributed by atoms with Crippen molar-refractivity contribution in [3.63, 3.8) is 0 Å². The monoisotopic (exact) mass is 220 g/mol. The zero-order chi connectivity index (χ0) is 11.4. The number of nitrogens with zero attached hydrogens (tertiary/aromatic N) is 1. The van der Waals surface area contributed by atoms with Crippen LogP contribution in [0, 0.1) is 19.8 Å². The van der Waals surface area contributed by atoms with E-state index in [0.29, 0.717) is 5.92 Å². The summed E-state index contributed by atoms with van der Waals surface area (Å²) in [7, 11) is 0. The predicted octanol–water partition coefficient (Wildman–Crippen LogP) is 2.08. The molecule has 3 heteroatoms. The highest BCUT2D eigenvalue weighted by atomic mass is 16.5. The van der Waals surface area contributed by atoms with E-state index in [0.717, 1.165) is 36.8 Å². The van der Waals surface area contributed by atoms with Crippen LogP contribution in [-0.4, -0.2) is 24.7 Å². The van der Waals surface area contributed by atoms with Crippen LogP contribution >= 0.6 is 0 Å². The number of aromatic nitrogens is 1. The van der Waals surface area contributed by atoms with Crippen LogP contribution in [0.25, 0.3) is 0 Å². The van der Waals surface area contributed by atoms with Gasteiger partial charge in [0.1, 0.15) is 5.75 Å². The Morgan fingerprint density at radius 1 is 1.38 bits per heavy atom. The van der Waals surface area contributed by atoms with Gasteiger partial charge in [0.05, 0.1) is 6.61 Å². The second kappa shape index (κ2) is 5.30. The summed E-state index contributed by atoms with van der Waals surface area (Å²) in [6.07, 6.45) is 2.54. The van der Waals surface area contributed by atoms with Crippen LogP contribution in [0.3, 0.4) is 0 Å². The molecule has 16 heavy (non-hydrogen) atoms. The maximum Gasteiger partial charge on any atom is 0.122 e. The molecule has 0 saturated carbocycles. The number of ether oxygens (including phenoxy) is 1. The van der Waals surface area contributed by atoms with E-state index in [-0.39, 0.29) is 0 Å². The van der Waals surface area contributed by atoms with Crippen molar-refractivity contribution >= 4 is 0 Å². The van der Waals surface area contributed by atoms with E-state index in [1.54, 1.807) is 0 Å². The average Bonchev–Trinajstić information content (AvgIpc) is 2.27. The first-order valence-electron chi connectivity index (χ1n) is 6.03. The molecule has 0 spiro atoms. The molecule has 1 atom stereocenters. The maximum atomic E-state index is 5.83. The molecular weight excluding hydrogens is 200 g/mol. The molecule has 0 bridgehead atoms. The van der Waals surface area contributed by atoms with Gasteiger partial charge >= 0.3 is 0 Å². The minimum atomic E-state index is 0.655. The van der Waals surface area contributed by atoms with Gasteiger partial charge in [0.2, 0.25) is 0 Å². The molecule has 1 N–H and O–H groups in total. The van der Waals surface area contributed by atoms with Crippen LogP contribution in [0.15, 0.2) is 12.1 Å². The van der Waals surface area contributed by atoms with Crippen LogP contribution in [0.4, 0.5) is 0 Å². The molecule has 0 aromatic carbocycles. The zero-order valence-corrected chi connectivity index (χ0v) is 10.1. The minimum absolute atomic E-state index is 0.655. The summed E-state index contributed by atoms with van der Waals surface area (Å²) in [6.45, 7) is 7.06. The van der Waals surface area contributed by atoms with Gasteiger partial charge in [-0.3, -0.25) is 4.98 Å². The smallest absolute Gasteiger partial charge is 0.122 e. The Hall–Kier alpha value is -1.09. The van der Waals surface area contributed by atoms with Crippen molar-refractivity contribution in [1.82, 2.24) is 10.3 Å². The molecule has 1 aliphatic rings. The molecule has 1 saturated heterocycles. The van der Waals surface area contributed by atoms with E-state index in [9.17, 15) is 0 Å². The molecule has 0 unspecified atom stereocenters. The molecule has 0 radical (unpaired) electrons. The third-order valence-electron chi connectivity index (χ3n) is 2.94. The Morgan fingerprint density at radius 3 is 2.75 bits per heavy atom. The molecule has 2 heterocycles. The lowest BCUT2D eigenvalue weighted by Crippen LogP contribution is -2.33. The van der Waals surface area contributed by atoms with Crippen molar-refractivity contribution in [2.24, 2.45) is 5.92 Å². The van der Waals surface area contributed by atoms with Crippen molar-refractivity contribution in [1.29, 1.82) is 0 Å². The molecule has 0 amide bonds. The number of hydrogen-bond donors (Lipinski definition) is 1. The van der Waals surface area contributed by atoms with Gasteiger partial charge in [-0.05, 0) is 33.2 Å². The molecule has 1 aromatic rings. The van der Waals surface area contributed by atoms with E-state index in [1.165, 1.54) is 12.8 Å². The van der Waals surface area contributed by atoms with E-state index >= 15 is 0 Å². The number of aryl methyl sites for hydroxylation is 2. The lowest BCUT2D eigenvalue weighted by molar-refractivity contribution is 0.218. The number of pyridine rings is 1. The summed E-state index contributed by atoms with van der Waals surface area (Å²) in [4.78, 5) is 4.34. The summed E-state index contributed by atoms with van der Waals surface area (Å²) in [5.41, 5.74) is 2.05. The number of nitrogens with one attached hydrogen (secondary N) is 1. The number of rotatable bonds is 3. The van der Waals surface area contributed by atoms with Crippen molar-refractivity contribution in [3.8, 4) is 5.75 Å². The van der Waals surface area contributed by atoms with Gasteiger partial charge in [-0.15, -0.1) is 0 Å². The molecule has 0 aliphatic carbocycles. The van der Waals surface area contributed by atoms with Gasteiger partial charge in [-0.25, -0.2) is 0 Å². The van der Waals surface area contributed by atoms with Gasteiger partial charge < -0.3 is 10.1 Å². The third kappa shape index (κ3) is 3.20. The van der Waals surface area contributed by atoms with E-state index in [2.05, 4.69) is 10.3 Å². The Balaban J connectivity index is 1.88. The quantitative estimate of drug-likeness (QED) is 0.847. The predicted molar refractivity (Wildman–Crippen MR) is 64.8 cm³/mol. The molecule has 3 nitrogen and oxygen atoms in total. The van der Waals surface area contributed by atoms with E-state index in [1.807, 2.05) is 26.0 Å². The van der Waals surface area contributed by atoms with Gasteiger partial charge in [0, 0.05) is 36.0 Å². The van der Waals surface area contributed by atoms with Gasteiger partial charge in [-0.2, -0.15) is 0 Å². The van der Waals surface area contributed by atoms with E-state index < -0.39 is 0 Å². The fourth-order valence-corrected chi connectivity index (χ4v) is 2.16. The second-order valence-corrected chi connectivity index (χ2v) is 4.61. The van der Waals surface area contributed by atoms with Crippen LogP contribution in [0.1, 0.15) is 24.2 Å². The van der Waals surface area contributed by atoms with Crippen LogP contribution in [-0.2, 0) is 0 Å². The lowest BCUT2D eigenvalue weighted by atomic mass is 10.0. The summed E-state index contributed by atoms with van der Waals surface area (Å²) in [6, 6.07) is 4.01. The Kier molecular flexibility index (Phi) is 3.78. The van der Waals surface area contributed by atoms with Crippen molar-refractivity contribution in [2.45, 2.75) is 26.7 Å². The standard InChI is InChI=1S/C13H20N2O/c1-10-6-13(7-11(2)15-10)16-9-12-4-3-5-14-8-12/h6-7,12,14H,3-5,8-9H2,1-2H3/t12-/m1/s1. The maximum absolute atomic E-state index is 5.83. The van der Waals surface area contributed by atoms with Gasteiger partial charge in [-0.1, -0.05) is 0 Å². The highest BCUT2D eigenvalue weighted by Gasteiger charge is 2.13. The Bertz CT molecular complexity index is 326. The normalized spacial score (nSPS) is 20.8. The van der Waals surface area contributed by atoms with Crippen LogP contribution < -0.4 is 10.1 Å². The Morgan fingerprint density at radius 2 is 2.12 bits per heavy atom. The van der Waals surface area contributed by atoms with Crippen molar-refractivity contribution in [2.75, 3.05) is 19.7 Å².